The van der Waals surface area contributed by atoms with Crippen LogP contribution in [0.5, 0.6) is 0 Å². The van der Waals surface area contributed by atoms with Crippen molar-refractivity contribution in [3.8, 4) is 0 Å². The Morgan fingerprint density at radius 2 is 1.92 bits per heavy atom. The molecule has 128 valence electrons. The fourth-order valence-corrected chi connectivity index (χ4v) is 3.55. The molecule has 0 spiro atoms. The number of esters is 1. The van der Waals surface area contributed by atoms with E-state index < -0.39 is 0 Å². The summed E-state index contributed by atoms with van der Waals surface area (Å²) in [5.74, 6) is -0.224. The topological polar surface area (TPSA) is 40.5 Å². The van der Waals surface area contributed by atoms with Crippen LogP contribution in [-0.2, 0) is 20.8 Å². The highest BCUT2D eigenvalue weighted by molar-refractivity contribution is 5.82. The van der Waals surface area contributed by atoms with Gasteiger partial charge in [-0.05, 0) is 30.0 Å². The predicted molar refractivity (Wildman–Crippen MR) is 96.2 cm³/mol. The summed E-state index contributed by atoms with van der Waals surface area (Å²) < 4.78 is 13.7. The summed E-state index contributed by atoms with van der Waals surface area (Å²) in [5.41, 5.74) is 3.34. The Hall–Kier alpha value is -2.59. The van der Waals surface area contributed by atoms with Crippen LogP contribution in [0.2, 0.25) is 0 Å². The fraction of sp³-hybridized carbons (Fsp3) is 0.286. The van der Waals surface area contributed by atoms with Gasteiger partial charge in [-0.25, -0.2) is 0 Å². The van der Waals surface area contributed by atoms with Crippen LogP contribution in [0.1, 0.15) is 36.8 Å². The van der Waals surface area contributed by atoms with E-state index in [1.165, 1.54) is 10.9 Å². The first kappa shape index (κ1) is 15.9. The summed E-state index contributed by atoms with van der Waals surface area (Å²) in [6.45, 7) is 2.95. The molecule has 3 aromatic rings. The lowest BCUT2D eigenvalue weighted by Gasteiger charge is -2.32. The van der Waals surface area contributed by atoms with Crippen molar-refractivity contribution in [3.05, 3.63) is 71.9 Å². The number of ether oxygens (including phenoxy) is 2. The molecule has 0 radical (unpaired) electrons. The standard InChI is InChI=1S/C21H21NO3/c1-2-24-21(23)13-19-18-12-16-10-6-7-11-17(16)22(18)14-20(25-19)15-8-4-3-5-9-15/h3-12,19-20H,2,13-14H2,1H3/t19-,20-/m1/s1. The monoisotopic (exact) mass is 335 g/mol. The second kappa shape index (κ2) is 6.73. The molecular formula is C21H21NO3. The summed E-state index contributed by atoms with van der Waals surface area (Å²) in [7, 11) is 0. The van der Waals surface area contributed by atoms with Gasteiger partial charge in [0, 0.05) is 11.2 Å². The molecule has 0 amide bonds. The van der Waals surface area contributed by atoms with Gasteiger partial charge >= 0.3 is 5.97 Å². The maximum atomic E-state index is 12.1. The van der Waals surface area contributed by atoms with Crippen LogP contribution in [0.4, 0.5) is 0 Å². The van der Waals surface area contributed by atoms with Crippen LogP contribution in [0.25, 0.3) is 10.9 Å². The molecule has 2 atom stereocenters. The van der Waals surface area contributed by atoms with E-state index in [-0.39, 0.29) is 24.6 Å². The van der Waals surface area contributed by atoms with Gasteiger partial charge in [-0.1, -0.05) is 48.5 Å². The number of carbonyl (C=O) groups excluding carboxylic acids is 1. The molecule has 0 aliphatic carbocycles. The van der Waals surface area contributed by atoms with Crippen LogP contribution in [0, 0.1) is 0 Å². The number of carbonyl (C=O) groups is 1. The van der Waals surface area contributed by atoms with Crippen LogP contribution in [0.15, 0.2) is 60.7 Å². The van der Waals surface area contributed by atoms with E-state index in [0.717, 1.165) is 17.8 Å². The molecule has 0 bridgehead atoms. The van der Waals surface area contributed by atoms with Crippen LogP contribution in [0.3, 0.4) is 0 Å². The third kappa shape index (κ3) is 3.05. The van der Waals surface area contributed by atoms with Crippen molar-refractivity contribution in [3.63, 3.8) is 0 Å². The van der Waals surface area contributed by atoms with E-state index >= 15 is 0 Å². The molecule has 0 N–H and O–H groups in total. The third-order valence-corrected chi connectivity index (χ3v) is 4.68. The largest absolute Gasteiger partial charge is 0.466 e. The molecule has 4 heteroatoms. The summed E-state index contributed by atoms with van der Waals surface area (Å²) in [6.07, 6.45) is -0.151. The molecule has 0 saturated carbocycles. The molecule has 1 aliphatic rings. The number of aromatic nitrogens is 1. The van der Waals surface area contributed by atoms with Crippen molar-refractivity contribution in [2.24, 2.45) is 0 Å². The Morgan fingerprint density at radius 1 is 1.16 bits per heavy atom. The second-order valence-corrected chi connectivity index (χ2v) is 6.27. The number of nitrogens with zero attached hydrogens (tertiary/aromatic N) is 1. The first-order chi connectivity index (χ1) is 12.3. The summed E-state index contributed by atoms with van der Waals surface area (Å²) in [4.78, 5) is 12.1. The number of benzene rings is 2. The summed E-state index contributed by atoms with van der Waals surface area (Å²) in [5, 5.41) is 1.17. The van der Waals surface area contributed by atoms with Gasteiger partial charge in [-0.3, -0.25) is 4.79 Å². The molecule has 2 aromatic carbocycles. The number of hydrogen-bond acceptors (Lipinski definition) is 3. The van der Waals surface area contributed by atoms with Gasteiger partial charge in [0.05, 0.1) is 19.6 Å². The van der Waals surface area contributed by atoms with E-state index in [1.807, 2.05) is 37.3 Å². The van der Waals surface area contributed by atoms with Crippen molar-refractivity contribution in [1.82, 2.24) is 4.57 Å². The van der Waals surface area contributed by atoms with Gasteiger partial charge in [0.25, 0.3) is 0 Å². The number of fused-ring (bicyclic) bond motifs is 3. The molecule has 1 aliphatic heterocycles. The zero-order valence-electron chi connectivity index (χ0n) is 14.2. The van der Waals surface area contributed by atoms with Gasteiger partial charge in [0.15, 0.2) is 0 Å². The molecule has 25 heavy (non-hydrogen) atoms. The number of para-hydroxylation sites is 1. The highest BCUT2D eigenvalue weighted by Gasteiger charge is 2.31. The van der Waals surface area contributed by atoms with Crippen molar-refractivity contribution in [2.75, 3.05) is 6.61 Å². The molecule has 0 unspecified atom stereocenters. The Balaban J connectivity index is 1.74. The van der Waals surface area contributed by atoms with Crippen molar-refractivity contribution < 1.29 is 14.3 Å². The lowest BCUT2D eigenvalue weighted by Crippen LogP contribution is -2.26. The maximum absolute atomic E-state index is 12.1. The van der Waals surface area contributed by atoms with E-state index in [2.05, 4.69) is 34.9 Å². The second-order valence-electron chi connectivity index (χ2n) is 6.27. The van der Waals surface area contributed by atoms with Crippen LogP contribution < -0.4 is 0 Å². The van der Waals surface area contributed by atoms with Crippen molar-refractivity contribution >= 4 is 16.9 Å². The Labute approximate surface area is 147 Å². The lowest BCUT2D eigenvalue weighted by molar-refractivity contribution is -0.149. The average molecular weight is 335 g/mol. The SMILES string of the molecule is CCOC(=O)C[C@H]1O[C@@H](c2ccccc2)Cn2c1cc1ccccc12. The fourth-order valence-electron chi connectivity index (χ4n) is 3.55. The van der Waals surface area contributed by atoms with Crippen molar-refractivity contribution in [1.29, 1.82) is 0 Å². The predicted octanol–water partition coefficient (Wildman–Crippen LogP) is 4.41. The normalized spacial score (nSPS) is 19.6. The van der Waals surface area contributed by atoms with E-state index in [1.54, 1.807) is 0 Å². The van der Waals surface area contributed by atoms with Crippen LogP contribution in [-0.4, -0.2) is 17.1 Å². The first-order valence-electron chi connectivity index (χ1n) is 8.70. The van der Waals surface area contributed by atoms with E-state index in [4.69, 9.17) is 9.47 Å². The molecule has 0 saturated heterocycles. The third-order valence-electron chi connectivity index (χ3n) is 4.68. The Kier molecular flexibility index (Phi) is 4.28. The zero-order chi connectivity index (χ0) is 17.2. The van der Waals surface area contributed by atoms with Gasteiger partial charge in [-0.2, -0.15) is 0 Å². The Bertz CT molecular complexity index is 885. The highest BCUT2D eigenvalue weighted by atomic mass is 16.5. The van der Waals surface area contributed by atoms with Gasteiger partial charge in [0.1, 0.15) is 12.2 Å². The van der Waals surface area contributed by atoms with Crippen molar-refractivity contribution in [2.45, 2.75) is 32.1 Å². The minimum atomic E-state index is -0.301. The van der Waals surface area contributed by atoms with Gasteiger partial charge in [0.2, 0.25) is 0 Å². The molecule has 0 fully saturated rings. The Morgan fingerprint density at radius 3 is 2.72 bits per heavy atom. The van der Waals surface area contributed by atoms with E-state index in [0.29, 0.717) is 6.61 Å². The minimum absolute atomic E-state index is 0.0797. The van der Waals surface area contributed by atoms with E-state index in [9.17, 15) is 4.79 Å². The molecule has 4 nitrogen and oxygen atoms in total. The van der Waals surface area contributed by atoms with Gasteiger partial charge < -0.3 is 14.0 Å². The summed E-state index contributed by atoms with van der Waals surface area (Å²) in [6, 6.07) is 20.6. The average Bonchev–Trinajstić information content (AvgIpc) is 3.02. The zero-order valence-corrected chi connectivity index (χ0v) is 14.2. The lowest BCUT2D eigenvalue weighted by atomic mass is 10.1. The molecule has 1 aromatic heterocycles. The quantitative estimate of drug-likeness (QED) is 0.663. The summed E-state index contributed by atoms with van der Waals surface area (Å²) >= 11 is 0. The molecule has 2 heterocycles. The molecule has 4 rings (SSSR count). The van der Waals surface area contributed by atoms with Gasteiger partial charge in [-0.15, -0.1) is 0 Å². The molecular weight excluding hydrogens is 314 g/mol. The maximum Gasteiger partial charge on any atom is 0.308 e. The minimum Gasteiger partial charge on any atom is -0.466 e. The highest BCUT2D eigenvalue weighted by Crippen LogP contribution is 2.39. The smallest absolute Gasteiger partial charge is 0.308 e. The van der Waals surface area contributed by atoms with Crippen LogP contribution >= 0.6 is 0 Å². The number of rotatable bonds is 4. The number of hydrogen-bond donors (Lipinski definition) is 0. The first-order valence-corrected chi connectivity index (χ1v) is 8.70.